The summed E-state index contributed by atoms with van der Waals surface area (Å²) in [4.78, 5) is 36.2. The molecule has 0 bridgehead atoms. The second kappa shape index (κ2) is 9.53. The number of hydrogen-bond acceptors (Lipinski definition) is 5. The fourth-order valence-corrected chi connectivity index (χ4v) is 2.34. The number of alkyl carbamates (subject to hydrolysis) is 1. The first kappa shape index (κ1) is 23.4. The summed E-state index contributed by atoms with van der Waals surface area (Å²) in [5.74, 6) is -1.12. The smallest absolute Gasteiger partial charge is 0.407 e. The van der Waals surface area contributed by atoms with E-state index >= 15 is 0 Å². The van der Waals surface area contributed by atoms with Gasteiger partial charge in [0.1, 0.15) is 11.2 Å². The molecule has 6 heteroatoms. The standard InChI is InChI=1S/C22H31NO5/c1-21(2,3)16-10-8-15(9-11-16)14-17(19(25)27-7)18(24)12-13-23-20(26)28-22(4,5)6/h8-11,14H,12-13H2,1-7H3,(H,23,26)/b17-14+. The van der Waals surface area contributed by atoms with Gasteiger partial charge in [-0.15, -0.1) is 0 Å². The van der Waals surface area contributed by atoms with Crippen LogP contribution >= 0.6 is 0 Å². The van der Waals surface area contributed by atoms with Gasteiger partial charge in [0.15, 0.2) is 5.78 Å². The second-order valence-electron chi connectivity index (χ2n) is 8.52. The van der Waals surface area contributed by atoms with Crippen molar-refractivity contribution in [1.29, 1.82) is 0 Å². The van der Waals surface area contributed by atoms with Crippen LogP contribution in [0.3, 0.4) is 0 Å². The molecule has 0 aliphatic rings. The molecule has 0 atom stereocenters. The van der Waals surface area contributed by atoms with Crippen LogP contribution < -0.4 is 5.32 Å². The molecule has 6 nitrogen and oxygen atoms in total. The Kier molecular flexibility index (Phi) is 7.97. The van der Waals surface area contributed by atoms with Crippen LogP contribution in [0.1, 0.15) is 59.1 Å². The van der Waals surface area contributed by atoms with E-state index in [1.54, 1.807) is 20.8 Å². The highest BCUT2D eigenvalue weighted by molar-refractivity contribution is 6.20. The maximum atomic E-state index is 12.5. The highest BCUT2D eigenvalue weighted by Crippen LogP contribution is 2.23. The number of methoxy groups -OCH3 is 1. The van der Waals surface area contributed by atoms with Crippen LogP contribution in [0.5, 0.6) is 0 Å². The van der Waals surface area contributed by atoms with E-state index in [4.69, 9.17) is 9.47 Å². The molecule has 0 saturated heterocycles. The fraction of sp³-hybridized carbons (Fsp3) is 0.500. The number of Topliss-reactive ketones (excluding diaryl/α,β-unsaturated/α-hetero) is 1. The minimum atomic E-state index is -0.706. The molecular formula is C22H31NO5. The number of ether oxygens (including phenoxy) is 2. The van der Waals surface area contributed by atoms with Gasteiger partial charge in [-0.25, -0.2) is 9.59 Å². The van der Waals surface area contributed by atoms with Crippen molar-refractivity contribution >= 4 is 23.9 Å². The lowest BCUT2D eigenvalue weighted by Crippen LogP contribution is -2.34. The average molecular weight is 389 g/mol. The van der Waals surface area contributed by atoms with Gasteiger partial charge in [-0.2, -0.15) is 0 Å². The molecule has 1 rings (SSSR count). The summed E-state index contributed by atoms with van der Waals surface area (Å²) < 4.78 is 9.85. The van der Waals surface area contributed by atoms with Crippen molar-refractivity contribution in [1.82, 2.24) is 5.32 Å². The number of carbonyl (C=O) groups excluding carboxylic acids is 3. The second-order valence-corrected chi connectivity index (χ2v) is 8.52. The Bertz CT molecular complexity index is 734. The average Bonchev–Trinajstić information content (AvgIpc) is 2.56. The van der Waals surface area contributed by atoms with Crippen LogP contribution in [0.4, 0.5) is 4.79 Å². The zero-order chi connectivity index (χ0) is 21.5. The van der Waals surface area contributed by atoms with Crippen LogP contribution in [0.2, 0.25) is 0 Å². The zero-order valence-electron chi connectivity index (χ0n) is 17.8. The first-order valence-corrected chi connectivity index (χ1v) is 9.24. The predicted octanol–water partition coefficient (Wildman–Crippen LogP) is 4.02. The molecule has 0 spiro atoms. The molecule has 154 valence electrons. The third-order valence-electron chi connectivity index (χ3n) is 3.81. The summed E-state index contributed by atoms with van der Waals surface area (Å²) >= 11 is 0. The Morgan fingerprint density at radius 3 is 2.04 bits per heavy atom. The number of esters is 1. The highest BCUT2D eigenvalue weighted by atomic mass is 16.6. The van der Waals surface area contributed by atoms with Crippen LogP contribution in [0.15, 0.2) is 29.8 Å². The topological polar surface area (TPSA) is 81.7 Å². The van der Waals surface area contributed by atoms with Gasteiger partial charge in [-0.05, 0) is 43.4 Å². The molecule has 0 aromatic heterocycles. The number of benzene rings is 1. The van der Waals surface area contributed by atoms with Gasteiger partial charge in [-0.1, -0.05) is 45.0 Å². The van der Waals surface area contributed by atoms with Crippen molar-refractivity contribution in [3.8, 4) is 0 Å². The number of ketones is 1. The molecule has 0 saturated carbocycles. The van der Waals surface area contributed by atoms with E-state index in [9.17, 15) is 14.4 Å². The number of carbonyl (C=O) groups is 3. The summed E-state index contributed by atoms with van der Waals surface area (Å²) in [6.45, 7) is 11.6. The molecule has 0 unspecified atom stereocenters. The summed E-state index contributed by atoms with van der Waals surface area (Å²) in [7, 11) is 1.23. The first-order valence-electron chi connectivity index (χ1n) is 9.24. The Labute approximate surface area is 167 Å². The quantitative estimate of drug-likeness (QED) is 0.344. The Hall–Kier alpha value is -2.63. The number of amides is 1. The summed E-state index contributed by atoms with van der Waals surface area (Å²) in [6.07, 6.45) is 0.857. The van der Waals surface area contributed by atoms with Crippen molar-refractivity contribution in [2.24, 2.45) is 0 Å². The lowest BCUT2D eigenvalue weighted by molar-refractivity contribution is -0.137. The lowest BCUT2D eigenvalue weighted by atomic mass is 9.86. The van der Waals surface area contributed by atoms with E-state index in [0.717, 1.165) is 11.1 Å². The minimum Gasteiger partial charge on any atom is -0.465 e. The van der Waals surface area contributed by atoms with Gasteiger partial charge in [0.2, 0.25) is 0 Å². The molecule has 1 aromatic carbocycles. The van der Waals surface area contributed by atoms with E-state index in [1.807, 2.05) is 24.3 Å². The Morgan fingerprint density at radius 1 is 1.00 bits per heavy atom. The van der Waals surface area contributed by atoms with Crippen molar-refractivity contribution in [3.63, 3.8) is 0 Å². The predicted molar refractivity (Wildman–Crippen MR) is 109 cm³/mol. The molecule has 28 heavy (non-hydrogen) atoms. The fourth-order valence-electron chi connectivity index (χ4n) is 2.34. The van der Waals surface area contributed by atoms with E-state index < -0.39 is 23.4 Å². The van der Waals surface area contributed by atoms with Crippen molar-refractivity contribution < 1.29 is 23.9 Å². The van der Waals surface area contributed by atoms with Crippen LogP contribution in [-0.4, -0.2) is 37.1 Å². The number of hydrogen-bond donors (Lipinski definition) is 1. The SMILES string of the molecule is COC(=O)/C(=C/c1ccc(C(C)(C)C)cc1)C(=O)CCNC(=O)OC(C)(C)C. The van der Waals surface area contributed by atoms with Gasteiger partial charge in [-0.3, -0.25) is 4.79 Å². The van der Waals surface area contributed by atoms with E-state index in [1.165, 1.54) is 13.2 Å². The number of nitrogens with one attached hydrogen (secondary N) is 1. The normalized spacial score (nSPS) is 12.3. The van der Waals surface area contributed by atoms with Crippen molar-refractivity contribution in [2.75, 3.05) is 13.7 Å². The molecule has 0 fully saturated rings. The molecule has 0 radical (unpaired) electrons. The molecule has 1 amide bonds. The largest absolute Gasteiger partial charge is 0.465 e. The third kappa shape index (κ3) is 7.94. The van der Waals surface area contributed by atoms with Gasteiger partial charge in [0.25, 0.3) is 0 Å². The summed E-state index contributed by atoms with van der Waals surface area (Å²) in [5, 5.41) is 2.51. The molecule has 1 N–H and O–H groups in total. The van der Waals surface area contributed by atoms with Crippen molar-refractivity contribution in [2.45, 2.75) is 59.0 Å². The third-order valence-corrected chi connectivity index (χ3v) is 3.81. The zero-order valence-corrected chi connectivity index (χ0v) is 17.8. The monoisotopic (exact) mass is 389 g/mol. The number of rotatable bonds is 6. The molecule has 0 heterocycles. The van der Waals surface area contributed by atoms with E-state index in [-0.39, 0.29) is 24.0 Å². The van der Waals surface area contributed by atoms with Crippen LogP contribution in [0.25, 0.3) is 6.08 Å². The van der Waals surface area contributed by atoms with E-state index in [0.29, 0.717) is 0 Å². The molecule has 0 aliphatic heterocycles. The molecule has 1 aromatic rings. The van der Waals surface area contributed by atoms with E-state index in [2.05, 4.69) is 26.1 Å². The lowest BCUT2D eigenvalue weighted by Gasteiger charge is -2.19. The first-order chi connectivity index (χ1) is 12.8. The van der Waals surface area contributed by atoms with Crippen LogP contribution in [-0.2, 0) is 24.5 Å². The highest BCUT2D eigenvalue weighted by Gasteiger charge is 2.20. The summed E-state index contributed by atoms with van der Waals surface area (Å²) in [6, 6.07) is 7.65. The summed E-state index contributed by atoms with van der Waals surface area (Å²) in [5.41, 5.74) is 1.21. The molecular weight excluding hydrogens is 358 g/mol. The van der Waals surface area contributed by atoms with Crippen molar-refractivity contribution in [3.05, 3.63) is 41.0 Å². The van der Waals surface area contributed by atoms with Gasteiger partial charge < -0.3 is 14.8 Å². The molecule has 0 aliphatic carbocycles. The van der Waals surface area contributed by atoms with Gasteiger partial charge in [0, 0.05) is 13.0 Å². The Morgan fingerprint density at radius 2 is 1.57 bits per heavy atom. The van der Waals surface area contributed by atoms with Gasteiger partial charge >= 0.3 is 12.1 Å². The maximum absolute atomic E-state index is 12.5. The van der Waals surface area contributed by atoms with Gasteiger partial charge in [0.05, 0.1) is 7.11 Å². The Balaban J connectivity index is 2.85. The minimum absolute atomic E-state index is 0.0105. The maximum Gasteiger partial charge on any atom is 0.407 e. The van der Waals surface area contributed by atoms with Crippen LogP contribution in [0, 0.1) is 0 Å².